The third-order valence-corrected chi connectivity index (χ3v) is 24.5. The zero-order valence-corrected chi connectivity index (χ0v) is 43.2. The molecule has 0 aliphatic heterocycles. The maximum absolute atomic E-state index is 5.58. The zero-order chi connectivity index (χ0) is 50.0. The van der Waals surface area contributed by atoms with Crippen molar-refractivity contribution in [1.29, 1.82) is 0 Å². The van der Waals surface area contributed by atoms with Crippen LogP contribution in [-0.2, 0) is 0 Å². The second kappa shape index (κ2) is 19.6. The summed E-state index contributed by atoms with van der Waals surface area (Å²) in [7, 11) is -5.95. The Morgan fingerprint density at radius 1 is 0.227 bits per heavy atom. The summed E-state index contributed by atoms with van der Waals surface area (Å²) >= 11 is 0. The number of para-hydroxylation sites is 2. The normalized spacial score (nSPS) is 11.7. The molecule has 2 heterocycles. The van der Waals surface area contributed by atoms with Crippen molar-refractivity contribution < 1.29 is 0 Å². The summed E-state index contributed by atoms with van der Waals surface area (Å²) in [4.78, 5) is 16.7. The van der Waals surface area contributed by atoms with Gasteiger partial charge in [-0.05, 0) is 64.8 Å². The molecule has 0 saturated carbocycles. The first-order valence-corrected chi connectivity index (χ1v) is 29.6. The van der Waals surface area contributed by atoms with E-state index in [-0.39, 0.29) is 0 Å². The summed E-state index contributed by atoms with van der Waals surface area (Å²) in [5, 5.41) is 12.5. The smallest absolute Gasteiger partial charge is 0.238 e. The summed E-state index contributed by atoms with van der Waals surface area (Å²) in [6.07, 6.45) is 0. The molecule has 0 N–H and O–H groups in total. The average molecular weight is 991 g/mol. The lowest BCUT2D eigenvalue weighted by Crippen LogP contribution is -2.74. The molecule has 0 amide bonds. The topological polar surface area (TPSA) is 43.6 Å². The quantitative estimate of drug-likeness (QED) is 0.0905. The van der Waals surface area contributed by atoms with Crippen molar-refractivity contribution in [2.75, 3.05) is 0 Å². The van der Waals surface area contributed by atoms with Gasteiger partial charge in [0.05, 0.1) is 11.0 Å². The van der Waals surface area contributed by atoms with Crippen molar-refractivity contribution in [3.63, 3.8) is 0 Å². The van der Waals surface area contributed by atoms with Gasteiger partial charge in [0.1, 0.15) is 0 Å². The van der Waals surface area contributed by atoms with E-state index in [0.29, 0.717) is 17.6 Å². The SMILES string of the molecule is c1ccc(-c2cccc([Si](c3ccccc3)(c3ccccc3)c3cccc(-c4nc(-c5cccc([Si](c6ccccc6)(c6ccccc6)c6ccccc6)c5)nc(-n5c6ccccc6c6ccccc65)n4)c3)c2)cc1. The number of nitrogens with zero attached hydrogens (tertiary/aromatic N) is 4. The van der Waals surface area contributed by atoms with Crippen LogP contribution < -0.4 is 41.5 Å². The van der Waals surface area contributed by atoms with Crippen molar-refractivity contribution in [3.8, 4) is 39.9 Å². The van der Waals surface area contributed by atoms with E-state index in [1.807, 2.05) is 0 Å². The van der Waals surface area contributed by atoms with Crippen LogP contribution in [0.5, 0.6) is 0 Å². The largest absolute Gasteiger partial charge is 0.278 e. The highest BCUT2D eigenvalue weighted by Crippen LogP contribution is 2.32. The van der Waals surface area contributed by atoms with E-state index < -0.39 is 16.1 Å². The van der Waals surface area contributed by atoms with Gasteiger partial charge in [0.2, 0.25) is 5.95 Å². The van der Waals surface area contributed by atoms with E-state index in [2.05, 4.69) is 308 Å². The average Bonchev–Trinajstić information content (AvgIpc) is 3.84. The molecule has 0 aliphatic rings. The number of hydrogen-bond donors (Lipinski definition) is 0. The Labute approximate surface area is 439 Å². The van der Waals surface area contributed by atoms with Crippen LogP contribution in [0, 0.1) is 0 Å². The molecule has 0 spiro atoms. The minimum atomic E-state index is -3.04. The molecule has 75 heavy (non-hydrogen) atoms. The summed E-state index contributed by atoms with van der Waals surface area (Å²) in [5.41, 5.74) is 6.28. The molecular weight excluding hydrogens is 941 g/mol. The van der Waals surface area contributed by atoms with Crippen molar-refractivity contribution in [2.45, 2.75) is 0 Å². The highest BCUT2D eigenvalue weighted by Gasteiger charge is 2.43. The van der Waals surface area contributed by atoms with Gasteiger partial charge in [0.15, 0.2) is 27.8 Å². The molecule has 2 aromatic heterocycles. The molecule has 0 fully saturated rings. The number of aromatic nitrogens is 4. The molecule has 0 aliphatic carbocycles. The van der Waals surface area contributed by atoms with Crippen LogP contribution in [0.4, 0.5) is 0 Å². The van der Waals surface area contributed by atoms with Crippen LogP contribution in [0.3, 0.4) is 0 Å². The maximum atomic E-state index is 5.58. The van der Waals surface area contributed by atoms with Crippen LogP contribution >= 0.6 is 0 Å². The summed E-state index contributed by atoms with van der Waals surface area (Å²) in [6, 6.07) is 111. The maximum Gasteiger partial charge on any atom is 0.238 e. The lowest BCUT2D eigenvalue weighted by Gasteiger charge is -2.35. The van der Waals surface area contributed by atoms with Gasteiger partial charge >= 0.3 is 0 Å². The minimum Gasteiger partial charge on any atom is -0.278 e. The monoisotopic (exact) mass is 990 g/mol. The third-order valence-electron chi connectivity index (χ3n) is 14.9. The second-order valence-corrected chi connectivity index (χ2v) is 26.7. The Morgan fingerprint density at radius 3 is 0.893 bits per heavy atom. The van der Waals surface area contributed by atoms with Crippen LogP contribution in [0.1, 0.15) is 0 Å². The Morgan fingerprint density at radius 2 is 0.507 bits per heavy atom. The molecule has 11 aromatic carbocycles. The van der Waals surface area contributed by atoms with E-state index in [1.54, 1.807) is 0 Å². The Bertz CT molecular complexity index is 3920. The molecule has 0 bridgehead atoms. The van der Waals surface area contributed by atoms with Gasteiger partial charge in [0.25, 0.3) is 0 Å². The summed E-state index contributed by atoms with van der Waals surface area (Å²) in [6.45, 7) is 0. The predicted molar refractivity (Wildman–Crippen MR) is 318 cm³/mol. The van der Waals surface area contributed by atoms with Gasteiger partial charge in [-0.15, -0.1) is 0 Å². The molecular formula is C69H50N4Si2. The number of rotatable bonds is 12. The van der Waals surface area contributed by atoms with E-state index in [9.17, 15) is 0 Å². The van der Waals surface area contributed by atoms with Crippen molar-refractivity contribution in [1.82, 2.24) is 19.5 Å². The number of fused-ring (bicyclic) bond motifs is 3. The lowest BCUT2D eigenvalue weighted by atomic mass is 10.1. The van der Waals surface area contributed by atoms with E-state index in [1.165, 1.54) is 52.6 Å². The van der Waals surface area contributed by atoms with E-state index >= 15 is 0 Å². The molecule has 0 saturated heterocycles. The highest BCUT2D eigenvalue weighted by molar-refractivity contribution is 7.20. The summed E-state index contributed by atoms with van der Waals surface area (Å²) in [5.74, 6) is 1.77. The van der Waals surface area contributed by atoms with E-state index in [0.717, 1.165) is 32.9 Å². The standard InChI is InChI=1S/C69H50N4Si2/c1-7-26-51(27-8-1)52-28-23-41-60(48-52)75(58-37-15-5-16-38-58,59-39-17-6-18-40-59)62-43-25-30-54(50-62)68-70-67(71-69(72-68)73-65-46-21-19-44-63(65)64-45-20-22-47-66(64)73)53-29-24-42-61(49-53)74(55-31-9-2-10-32-55,56-33-11-3-12-34-56)57-35-13-4-14-36-57/h1-50H. The first-order valence-electron chi connectivity index (χ1n) is 25.6. The van der Waals surface area contributed by atoms with Gasteiger partial charge in [-0.25, -0.2) is 4.98 Å². The molecule has 0 radical (unpaired) electrons. The van der Waals surface area contributed by atoms with Gasteiger partial charge in [-0.3, -0.25) is 4.57 Å². The van der Waals surface area contributed by atoms with Crippen LogP contribution in [0.25, 0.3) is 61.7 Å². The lowest BCUT2D eigenvalue weighted by molar-refractivity contribution is 0.953. The zero-order valence-electron chi connectivity index (χ0n) is 41.2. The Hall–Kier alpha value is -9.34. The molecule has 13 aromatic rings. The molecule has 6 heteroatoms. The number of benzene rings is 11. The predicted octanol–water partition coefficient (Wildman–Crippen LogP) is 10.7. The fourth-order valence-corrected chi connectivity index (χ4v) is 21.3. The Kier molecular flexibility index (Phi) is 11.9. The molecule has 13 rings (SSSR count). The second-order valence-electron chi connectivity index (χ2n) is 19.1. The van der Waals surface area contributed by atoms with Gasteiger partial charge in [-0.1, -0.05) is 291 Å². The summed E-state index contributed by atoms with van der Waals surface area (Å²) < 4.78 is 2.21. The molecule has 0 atom stereocenters. The fraction of sp³-hybridized carbons (Fsp3) is 0. The first kappa shape index (κ1) is 45.5. The molecule has 0 unspecified atom stereocenters. The number of hydrogen-bond acceptors (Lipinski definition) is 3. The highest BCUT2D eigenvalue weighted by atomic mass is 28.3. The van der Waals surface area contributed by atoms with E-state index in [4.69, 9.17) is 15.0 Å². The minimum absolute atomic E-state index is 0.561. The first-order chi connectivity index (χ1) is 37.2. The van der Waals surface area contributed by atoms with Crippen molar-refractivity contribution in [2.24, 2.45) is 0 Å². The van der Waals surface area contributed by atoms with Crippen molar-refractivity contribution >= 4 is 79.4 Å². The van der Waals surface area contributed by atoms with Crippen LogP contribution in [0.15, 0.2) is 303 Å². The molecule has 4 nitrogen and oxygen atoms in total. The van der Waals surface area contributed by atoms with Crippen LogP contribution in [0.2, 0.25) is 0 Å². The van der Waals surface area contributed by atoms with Crippen LogP contribution in [-0.4, -0.2) is 35.7 Å². The Balaban J connectivity index is 1.07. The van der Waals surface area contributed by atoms with Gasteiger partial charge < -0.3 is 0 Å². The molecule has 354 valence electrons. The van der Waals surface area contributed by atoms with Gasteiger partial charge in [0, 0.05) is 21.9 Å². The third kappa shape index (κ3) is 7.95. The van der Waals surface area contributed by atoms with Gasteiger partial charge in [-0.2, -0.15) is 9.97 Å². The van der Waals surface area contributed by atoms with Crippen molar-refractivity contribution in [3.05, 3.63) is 303 Å². The fourth-order valence-electron chi connectivity index (χ4n) is 11.6.